The molecule has 8 heteroatoms. The lowest BCUT2D eigenvalue weighted by Gasteiger charge is -2.31. The van der Waals surface area contributed by atoms with Gasteiger partial charge >= 0.3 is 0 Å². The molecule has 1 saturated carbocycles. The number of carbonyl (C=O) groups excluding carboxylic acids is 1. The smallest absolute Gasteiger partial charge is 0.251 e. The summed E-state index contributed by atoms with van der Waals surface area (Å²) in [4.78, 5) is 25.0. The maximum absolute atomic E-state index is 12.3. The minimum atomic E-state index is -0.297. The number of carbonyl (C=O) groups is 1. The zero-order valence-corrected chi connectivity index (χ0v) is 15.9. The van der Waals surface area contributed by atoms with Crippen molar-refractivity contribution in [3.8, 4) is 11.3 Å². The fourth-order valence-corrected chi connectivity index (χ4v) is 2.93. The predicted octanol–water partition coefficient (Wildman–Crippen LogP) is 1.62. The van der Waals surface area contributed by atoms with E-state index >= 15 is 0 Å². The van der Waals surface area contributed by atoms with Gasteiger partial charge in [0.2, 0.25) is 5.95 Å². The fraction of sp³-hybridized carbons (Fsp3) is 0.300. The Kier molecular flexibility index (Phi) is 6.00. The second-order valence-electron chi connectivity index (χ2n) is 6.73. The van der Waals surface area contributed by atoms with Crippen LogP contribution in [0.1, 0.15) is 28.8 Å². The third-order valence-electron chi connectivity index (χ3n) is 4.54. The van der Waals surface area contributed by atoms with Crippen molar-refractivity contribution >= 4 is 18.1 Å². The quantitative estimate of drug-likeness (QED) is 0.564. The molecule has 1 aromatic carbocycles. The molecule has 3 rings (SSSR count). The van der Waals surface area contributed by atoms with E-state index in [0.29, 0.717) is 30.1 Å². The van der Waals surface area contributed by atoms with Crippen LogP contribution in [0.2, 0.25) is 0 Å². The number of allylic oxidation sites excluding steroid dienone is 1. The first-order chi connectivity index (χ1) is 13.5. The maximum Gasteiger partial charge on any atom is 0.251 e. The molecule has 0 bridgehead atoms. The molecule has 5 N–H and O–H groups in total. The van der Waals surface area contributed by atoms with Crippen molar-refractivity contribution in [1.82, 2.24) is 15.3 Å². The molecule has 8 nitrogen and oxygen atoms in total. The molecule has 1 heterocycles. The first kappa shape index (κ1) is 19.5. The third kappa shape index (κ3) is 4.52. The van der Waals surface area contributed by atoms with Crippen molar-refractivity contribution in [2.75, 3.05) is 12.4 Å². The average Bonchev–Trinajstić information content (AvgIpc) is 2.68. The summed E-state index contributed by atoms with van der Waals surface area (Å²) in [6.07, 6.45) is 5.63. The van der Waals surface area contributed by atoms with E-state index in [4.69, 9.17) is 5.73 Å². The van der Waals surface area contributed by atoms with Crippen LogP contribution in [0.15, 0.2) is 47.4 Å². The number of hydrogen-bond donors (Lipinski definition) is 4. The van der Waals surface area contributed by atoms with Crippen LogP contribution in [-0.2, 0) is 0 Å². The van der Waals surface area contributed by atoms with E-state index in [1.165, 1.54) is 6.20 Å². The number of nitrogens with one attached hydrogen (secondary N) is 2. The Bertz CT molecular complexity index is 901. The molecular formula is C20H24N6O2. The van der Waals surface area contributed by atoms with Gasteiger partial charge in [0, 0.05) is 42.8 Å². The number of nitrogens with zero attached hydrogens (tertiary/aromatic N) is 3. The monoisotopic (exact) mass is 380 g/mol. The molecule has 0 unspecified atom stereocenters. The zero-order chi connectivity index (χ0) is 20.1. The Morgan fingerprint density at radius 2 is 2.04 bits per heavy atom. The van der Waals surface area contributed by atoms with Crippen molar-refractivity contribution in [2.24, 2.45) is 10.7 Å². The first-order valence-electron chi connectivity index (χ1n) is 9.04. The molecule has 1 aliphatic rings. The molecule has 1 aromatic heterocycles. The lowest BCUT2D eigenvalue weighted by molar-refractivity contribution is 0.0562. The molecule has 1 aliphatic carbocycles. The van der Waals surface area contributed by atoms with Crippen LogP contribution in [-0.4, -0.2) is 46.4 Å². The molecule has 1 amide bonds. The average molecular weight is 380 g/mol. The van der Waals surface area contributed by atoms with Crippen LogP contribution >= 0.6 is 0 Å². The van der Waals surface area contributed by atoms with E-state index in [9.17, 15) is 9.90 Å². The number of amides is 1. The van der Waals surface area contributed by atoms with Crippen LogP contribution in [0.25, 0.3) is 11.3 Å². The molecule has 0 spiro atoms. The van der Waals surface area contributed by atoms with Gasteiger partial charge in [-0.05, 0) is 37.5 Å². The highest BCUT2D eigenvalue weighted by atomic mass is 16.3. The van der Waals surface area contributed by atoms with Gasteiger partial charge in [0.1, 0.15) is 0 Å². The Balaban J connectivity index is 1.75. The van der Waals surface area contributed by atoms with E-state index < -0.39 is 0 Å². The van der Waals surface area contributed by atoms with Gasteiger partial charge in [-0.1, -0.05) is 12.1 Å². The number of aliphatic hydroxyl groups excluding tert-OH is 1. The highest BCUT2D eigenvalue weighted by Gasteiger charge is 2.28. The highest BCUT2D eigenvalue weighted by molar-refractivity contribution is 5.95. The largest absolute Gasteiger partial charge is 0.403 e. The minimum Gasteiger partial charge on any atom is -0.403 e. The Morgan fingerprint density at radius 1 is 1.32 bits per heavy atom. The summed E-state index contributed by atoms with van der Waals surface area (Å²) in [5.41, 5.74) is 9.27. The van der Waals surface area contributed by atoms with Gasteiger partial charge < -0.3 is 21.5 Å². The van der Waals surface area contributed by atoms with Gasteiger partial charge in [0.05, 0.1) is 17.5 Å². The zero-order valence-electron chi connectivity index (χ0n) is 15.9. The summed E-state index contributed by atoms with van der Waals surface area (Å²) in [7, 11) is 1.65. The second kappa shape index (κ2) is 8.62. The lowest BCUT2D eigenvalue weighted by Crippen LogP contribution is -2.46. The minimum absolute atomic E-state index is 0.0522. The summed E-state index contributed by atoms with van der Waals surface area (Å²) in [6, 6.07) is 7.30. The molecule has 2 aromatic rings. The predicted molar refractivity (Wildman–Crippen MR) is 109 cm³/mol. The Hall–Kier alpha value is -3.26. The van der Waals surface area contributed by atoms with Crippen molar-refractivity contribution < 1.29 is 9.90 Å². The molecule has 0 saturated heterocycles. The molecule has 0 aliphatic heterocycles. The molecule has 28 heavy (non-hydrogen) atoms. The number of aliphatic hydroxyl groups is 1. The topological polar surface area (TPSA) is 126 Å². The Labute approximate surface area is 163 Å². The van der Waals surface area contributed by atoms with Gasteiger partial charge in [0.15, 0.2) is 0 Å². The summed E-state index contributed by atoms with van der Waals surface area (Å²) in [6.45, 7) is 1.93. The molecule has 0 radical (unpaired) electrons. The van der Waals surface area contributed by atoms with E-state index in [-0.39, 0.29) is 18.1 Å². The van der Waals surface area contributed by atoms with Gasteiger partial charge in [-0.3, -0.25) is 9.79 Å². The van der Waals surface area contributed by atoms with Crippen LogP contribution in [0.5, 0.6) is 0 Å². The summed E-state index contributed by atoms with van der Waals surface area (Å²) in [5.74, 6) is 0.268. The fourth-order valence-electron chi connectivity index (χ4n) is 2.93. The standard InChI is InChI=1S/C20H24N6O2/c1-12-10-23-20(25-16(9-21)11-22-2)26-18(12)13-3-5-14(6-4-13)19(28)24-15-7-17(27)8-15/h3-6,9-11,15,17,27H,7-8,21H2,1-2H3,(H,24,28)(H,23,25,26)/b16-9+,22-11?. The summed E-state index contributed by atoms with van der Waals surface area (Å²) >= 11 is 0. The number of aromatic nitrogens is 2. The number of hydrogen-bond acceptors (Lipinski definition) is 7. The normalized spacial score (nSPS) is 19.3. The molecular weight excluding hydrogens is 356 g/mol. The number of aliphatic imine (C=N–C) groups is 1. The van der Waals surface area contributed by atoms with E-state index in [1.807, 2.05) is 19.1 Å². The first-order valence-corrected chi connectivity index (χ1v) is 9.04. The molecule has 0 atom stereocenters. The van der Waals surface area contributed by atoms with Crippen LogP contribution < -0.4 is 16.4 Å². The number of anilines is 1. The van der Waals surface area contributed by atoms with Crippen molar-refractivity contribution in [3.05, 3.63) is 53.5 Å². The Morgan fingerprint density at radius 3 is 2.64 bits per heavy atom. The summed E-state index contributed by atoms with van der Waals surface area (Å²) < 4.78 is 0. The van der Waals surface area contributed by atoms with Crippen LogP contribution in [0.3, 0.4) is 0 Å². The van der Waals surface area contributed by atoms with Crippen molar-refractivity contribution in [2.45, 2.75) is 31.9 Å². The third-order valence-corrected chi connectivity index (χ3v) is 4.54. The van der Waals surface area contributed by atoms with Gasteiger partial charge in [0.25, 0.3) is 5.91 Å². The molecule has 146 valence electrons. The number of benzene rings is 1. The van der Waals surface area contributed by atoms with E-state index in [1.54, 1.807) is 31.6 Å². The highest BCUT2D eigenvalue weighted by Crippen LogP contribution is 2.23. The van der Waals surface area contributed by atoms with E-state index in [0.717, 1.165) is 16.8 Å². The number of rotatable bonds is 6. The summed E-state index contributed by atoms with van der Waals surface area (Å²) in [5, 5.41) is 15.3. The van der Waals surface area contributed by atoms with Gasteiger partial charge in [-0.25, -0.2) is 9.97 Å². The van der Waals surface area contributed by atoms with Gasteiger partial charge in [-0.2, -0.15) is 0 Å². The van der Waals surface area contributed by atoms with Crippen molar-refractivity contribution in [1.29, 1.82) is 0 Å². The van der Waals surface area contributed by atoms with Crippen LogP contribution in [0, 0.1) is 6.92 Å². The van der Waals surface area contributed by atoms with Gasteiger partial charge in [-0.15, -0.1) is 0 Å². The SMILES string of the molecule is CN=C/C(=C\N)Nc1ncc(C)c(-c2ccc(C(=O)NC3CC(O)C3)cc2)n1. The lowest BCUT2D eigenvalue weighted by atomic mass is 9.89. The number of nitrogens with two attached hydrogens (primary N) is 1. The molecule has 1 fully saturated rings. The maximum atomic E-state index is 12.3. The van der Waals surface area contributed by atoms with Crippen LogP contribution in [0.4, 0.5) is 5.95 Å². The van der Waals surface area contributed by atoms with E-state index in [2.05, 4.69) is 25.6 Å². The second-order valence-corrected chi connectivity index (χ2v) is 6.73. The number of aryl methyl sites for hydroxylation is 1. The van der Waals surface area contributed by atoms with Crippen molar-refractivity contribution in [3.63, 3.8) is 0 Å².